The number of aryl methyl sites for hydroxylation is 1. The minimum Gasteiger partial charge on any atom is -0.508 e. The highest BCUT2D eigenvalue weighted by molar-refractivity contribution is 7.90. The summed E-state index contributed by atoms with van der Waals surface area (Å²) in [5, 5.41) is 14.2. The van der Waals surface area contributed by atoms with E-state index in [1.165, 1.54) is 26.5 Å². The topological polar surface area (TPSA) is 188 Å². The van der Waals surface area contributed by atoms with Crippen LogP contribution in [0.1, 0.15) is 5.56 Å². The maximum Gasteiger partial charge on any atom is 0.269 e. The number of anilines is 2. The van der Waals surface area contributed by atoms with Crippen LogP contribution in [0.4, 0.5) is 11.6 Å². The van der Waals surface area contributed by atoms with Crippen molar-refractivity contribution in [3.05, 3.63) is 163 Å². The lowest BCUT2D eigenvalue weighted by molar-refractivity contribution is 0.475. The molecule has 14 nitrogen and oxygen atoms in total. The van der Waals surface area contributed by atoms with Gasteiger partial charge in [-0.05, 0) is 103 Å². The molecule has 9 rings (SSSR count). The summed E-state index contributed by atoms with van der Waals surface area (Å²) in [5.74, 6) is 0.518. The number of aromatic nitrogens is 8. The summed E-state index contributed by atoms with van der Waals surface area (Å²) >= 11 is 5.88. The predicted octanol–water partition coefficient (Wildman–Crippen LogP) is 7.87. The molecule has 0 aliphatic rings. The molecule has 288 valence electrons. The van der Waals surface area contributed by atoms with Gasteiger partial charge in [0.25, 0.3) is 20.0 Å². The second-order valence-corrected chi connectivity index (χ2v) is 16.6. The number of nitrogens with one attached hydrogen (secondary N) is 1. The number of rotatable bonds is 8. The van der Waals surface area contributed by atoms with E-state index in [-0.39, 0.29) is 20.8 Å². The summed E-state index contributed by atoms with van der Waals surface area (Å²) in [7, 11) is -7.63. The molecule has 6 aromatic heterocycles. The zero-order chi connectivity index (χ0) is 40.4. The van der Waals surface area contributed by atoms with Crippen LogP contribution in [0.2, 0.25) is 5.28 Å². The van der Waals surface area contributed by atoms with E-state index < -0.39 is 20.0 Å². The minimum atomic E-state index is -3.85. The summed E-state index contributed by atoms with van der Waals surface area (Å²) in [6.07, 6.45) is 9.29. The highest BCUT2D eigenvalue weighted by atomic mass is 35.5. The number of nitrogens with zero attached hydrogens (tertiary/aromatic N) is 8. The Kier molecular flexibility index (Phi) is 10.1. The highest BCUT2D eigenvalue weighted by Gasteiger charge is 2.24. The van der Waals surface area contributed by atoms with E-state index in [0.717, 1.165) is 11.3 Å². The Balaban J connectivity index is 0.000000168. The summed E-state index contributed by atoms with van der Waals surface area (Å²) in [6.45, 7) is 1.86. The van der Waals surface area contributed by atoms with Gasteiger partial charge in [0.2, 0.25) is 11.2 Å². The Morgan fingerprint density at radius 2 is 1.10 bits per heavy atom. The van der Waals surface area contributed by atoms with Gasteiger partial charge >= 0.3 is 0 Å². The van der Waals surface area contributed by atoms with Crippen LogP contribution in [0.3, 0.4) is 0 Å². The SMILES string of the molecule is Cc1cc(O)ccc1Nc1nccc(-c2cn(S(=O)(=O)c3ccccc3)c3ncccc23)n1.O=S(=O)(c1ccccc1)n1cc(-c2ccnc(Cl)n2)c2cccnc21. The van der Waals surface area contributed by atoms with Crippen molar-refractivity contribution in [2.45, 2.75) is 16.7 Å². The van der Waals surface area contributed by atoms with E-state index in [1.807, 2.05) is 13.0 Å². The molecule has 6 heterocycles. The molecular formula is C41H30ClN9O5S2. The van der Waals surface area contributed by atoms with Crippen LogP contribution in [0.5, 0.6) is 5.75 Å². The largest absolute Gasteiger partial charge is 0.508 e. The average molecular weight is 828 g/mol. The van der Waals surface area contributed by atoms with Crippen LogP contribution in [-0.4, -0.2) is 59.8 Å². The first kappa shape index (κ1) is 37.9. The van der Waals surface area contributed by atoms with Gasteiger partial charge in [-0.2, -0.15) is 0 Å². The Morgan fingerprint density at radius 3 is 1.62 bits per heavy atom. The summed E-state index contributed by atoms with van der Waals surface area (Å²) in [6, 6.07) is 31.9. The third kappa shape index (κ3) is 7.34. The van der Waals surface area contributed by atoms with Crippen molar-refractivity contribution < 1.29 is 21.9 Å². The molecule has 0 unspecified atom stereocenters. The number of fused-ring (bicyclic) bond motifs is 2. The van der Waals surface area contributed by atoms with Crippen LogP contribution in [0.15, 0.2) is 162 Å². The highest BCUT2D eigenvalue weighted by Crippen LogP contribution is 2.33. The van der Waals surface area contributed by atoms with E-state index in [4.69, 9.17) is 11.6 Å². The maximum absolute atomic E-state index is 13.3. The lowest BCUT2D eigenvalue weighted by atomic mass is 10.1. The molecule has 0 saturated carbocycles. The van der Waals surface area contributed by atoms with Crippen molar-refractivity contribution in [2.24, 2.45) is 0 Å². The second kappa shape index (κ2) is 15.5. The van der Waals surface area contributed by atoms with Gasteiger partial charge in [0, 0.05) is 64.8 Å². The van der Waals surface area contributed by atoms with E-state index in [2.05, 4.69) is 35.2 Å². The molecule has 2 N–H and O–H groups in total. The van der Waals surface area contributed by atoms with Crippen molar-refractivity contribution in [3.63, 3.8) is 0 Å². The summed E-state index contributed by atoms with van der Waals surface area (Å²) in [4.78, 5) is 25.9. The van der Waals surface area contributed by atoms with Crippen molar-refractivity contribution >= 4 is 65.4 Å². The fraction of sp³-hybridized carbons (Fsp3) is 0.0244. The third-order valence-electron chi connectivity index (χ3n) is 8.95. The van der Waals surface area contributed by atoms with Crippen LogP contribution < -0.4 is 5.32 Å². The van der Waals surface area contributed by atoms with Gasteiger partial charge in [-0.25, -0.2) is 54.7 Å². The van der Waals surface area contributed by atoms with Crippen LogP contribution >= 0.6 is 11.6 Å². The fourth-order valence-electron chi connectivity index (χ4n) is 6.21. The standard InChI is InChI=1S/C24H19N5O3S.C17H11ClN4O2S/c1-16-14-17(30)9-10-21(16)27-24-26-13-11-22(28-24)20-15-29(23-19(20)8-5-12-25-23)33(31,32)18-6-3-2-4-7-18;18-17-20-10-8-15(21-17)14-11-22(16-13(14)7-4-9-19-16)25(23,24)12-5-2-1-3-6-12/h2-15,30H,1H3,(H,26,27,28);1-11H. The summed E-state index contributed by atoms with van der Waals surface area (Å²) < 4.78 is 55.0. The van der Waals surface area contributed by atoms with E-state index in [1.54, 1.807) is 128 Å². The number of phenols is 1. The second-order valence-electron chi connectivity index (χ2n) is 12.7. The summed E-state index contributed by atoms with van der Waals surface area (Å²) in [5.41, 5.74) is 4.54. The van der Waals surface area contributed by atoms with Gasteiger partial charge in [0.1, 0.15) is 5.75 Å². The van der Waals surface area contributed by atoms with Gasteiger partial charge < -0.3 is 10.4 Å². The van der Waals surface area contributed by atoms with Gasteiger partial charge in [-0.3, -0.25) is 0 Å². The Labute approximate surface area is 337 Å². The normalized spacial score (nSPS) is 11.6. The number of halogens is 1. The number of phenolic OH excluding ortho intramolecular Hbond substituents is 1. The first-order valence-corrected chi connectivity index (χ1v) is 20.7. The first-order chi connectivity index (χ1) is 28.0. The van der Waals surface area contributed by atoms with Crippen molar-refractivity contribution in [2.75, 3.05) is 5.32 Å². The molecule has 3 aromatic carbocycles. The number of pyridine rings is 2. The van der Waals surface area contributed by atoms with Gasteiger partial charge in [0.05, 0.1) is 21.2 Å². The first-order valence-electron chi connectivity index (χ1n) is 17.4. The molecule has 0 aliphatic heterocycles. The molecule has 0 spiro atoms. The fourth-order valence-corrected chi connectivity index (χ4v) is 9.05. The molecule has 0 radical (unpaired) electrons. The average Bonchev–Trinajstić information content (AvgIpc) is 3.84. The van der Waals surface area contributed by atoms with E-state index >= 15 is 0 Å². The molecule has 9 aromatic rings. The number of hydrogen-bond donors (Lipinski definition) is 2. The van der Waals surface area contributed by atoms with Gasteiger partial charge in [-0.1, -0.05) is 36.4 Å². The Bertz CT molecular complexity index is 3180. The van der Waals surface area contributed by atoms with Crippen LogP contribution in [-0.2, 0) is 20.0 Å². The predicted molar refractivity (Wildman–Crippen MR) is 221 cm³/mol. The molecule has 17 heteroatoms. The smallest absolute Gasteiger partial charge is 0.269 e. The number of hydrogen-bond acceptors (Lipinski definition) is 12. The van der Waals surface area contributed by atoms with E-state index in [9.17, 15) is 21.9 Å². The quantitative estimate of drug-likeness (QED) is 0.112. The third-order valence-corrected chi connectivity index (χ3v) is 12.5. The van der Waals surface area contributed by atoms with Gasteiger partial charge in [-0.15, -0.1) is 0 Å². The van der Waals surface area contributed by atoms with Crippen molar-refractivity contribution in [1.82, 2.24) is 37.8 Å². The Morgan fingerprint density at radius 1 is 0.586 bits per heavy atom. The minimum absolute atomic E-state index is 0.0909. The molecule has 0 atom stereocenters. The zero-order valence-electron chi connectivity index (χ0n) is 30.3. The molecule has 58 heavy (non-hydrogen) atoms. The van der Waals surface area contributed by atoms with Gasteiger partial charge in [0.15, 0.2) is 11.3 Å². The lowest BCUT2D eigenvalue weighted by Gasteiger charge is -2.09. The number of aromatic hydroxyl groups is 1. The molecule has 0 saturated heterocycles. The lowest BCUT2D eigenvalue weighted by Crippen LogP contribution is -2.12. The van der Waals surface area contributed by atoms with Crippen LogP contribution in [0, 0.1) is 6.92 Å². The monoisotopic (exact) mass is 827 g/mol. The van der Waals surface area contributed by atoms with Crippen molar-refractivity contribution in [3.8, 4) is 28.3 Å². The number of benzene rings is 3. The molecule has 0 bridgehead atoms. The zero-order valence-corrected chi connectivity index (χ0v) is 32.7. The molecule has 0 fully saturated rings. The van der Waals surface area contributed by atoms with Crippen molar-refractivity contribution in [1.29, 1.82) is 0 Å². The molecule has 0 amide bonds. The maximum atomic E-state index is 13.3. The molecule has 0 aliphatic carbocycles. The van der Waals surface area contributed by atoms with E-state index in [0.29, 0.717) is 50.5 Å². The Hall–Kier alpha value is -7.01. The molecular weight excluding hydrogens is 798 g/mol. The van der Waals surface area contributed by atoms with Crippen LogP contribution in [0.25, 0.3) is 44.6 Å².